The highest BCUT2D eigenvalue weighted by Crippen LogP contribution is 2.24. The number of ether oxygens (including phenoxy) is 1. The van der Waals surface area contributed by atoms with E-state index in [9.17, 15) is 0 Å². The molecule has 0 aliphatic rings. The third-order valence-electron chi connectivity index (χ3n) is 2.52. The van der Waals surface area contributed by atoms with E-state index in [-0.39, 0.29) is 6.04 Å². The summed E-state index contributed by atoms with van der Waals surface area (Å²) in [7, 11) is 0. The molecule has 1 aromatic carbocycles. The summed E-state index contributed by atoms with van der Waals surface area (Å²) in [5.74, 6) is 1.56. The molecule has 0 radical (unpaired) electrons. The van der Waals surface area contributed by atoms with Crippen LogP contribution in [0.4, 0.5) is 0 Å². The van der Waals surface area contributed by atoms with Crippen LogP contribution in [0.5, 0.6) is 5.75 Å². The molecule has 0 heterocycles. The lowest BCUT2D eigenvalue weighted by molar-refractivity contribution is 0.286. The first-order valence-electron chi connectivity index (χ1n) is 6.16. The van der Waals surface area contributed by atoms with E-state index in [1.165, 1.54) is 0 Å². The van der Waals surface area contributed by atoms with E-state index in [0.29, 0.717) is 5.92 Å². The Morgan fingerprint density at radius 2 is 2.00 bits per heavy atom. The van der Waals surface area contributed by atoms with E-state index in [2.05, 4.69) is 13.8 Å². The van der Waals surface area contributed by atoms with Crippen molar-refractivity contribution in [3.63, 3.8) is 0 Å². The smallest absolute Gasteiger partial charge is 0.122 e. The predicted octanol–water partition coefficient (Wildman–Crippen LogP) is 3.65. The fourth-order valence-electron chi connectivity index (χ4n) is 1.60. The number of halogens is 1. The second-order valence-corrected chi connectivity index (χ2v) is 5.40. The van der Waals surface area contributed by atoms with Gasteiger partial charge in [-0.1, -0.05) is 25.4 Å². The van der Waals surface area contributed by atoms with E-state index in [1.807, 2.05) is 25.1 Å². The number of hydrogen-bond acceptors (Lipinski definition) is 2. The van der Waals surface area contributed by atoms with E-state index in [0.717, 1.165) is 35.8 Å². The first-order valence-corrected chi connectivity index (χ1v) is 6.53. The van der Waals surface area contributed by atoms with Gasteiger partial charge in [0.15, 0.2) is 0 Å². The molecule has 2 nitrogen and oxygen atoms in total. The van der Waals surface area contributed by atoms with Gasteiger partial charge in [0.1, 0.15) is 5.75 Å². The molecular formula is C14H22ClNO. The van der Waals surface area contributed by atoms with Crippen LogP contribution in [0.2, 0.25) is 5.02 Å². The summed E-state index contributed by atoms with van der Waals surface area (Å²) in [5.41, 5.74) is 6.92. The van der Waals surface area contributed by atoms with Gasteiger partial charge >= 0.3 is 0 Å². The second kappa shape index (κ2) is 6.87. The molecule has 96 valence electrons. The van der Waals surface area contributed by atoms with Crippen LogP contribution in [0.25, 0.3) is 0 Å². The first-order chi connectivity index (χ1) is 7.99. The third kappa shape index (κ3) is 5.42. The number of rotatable bonds is 6. The van der Waals surface area contributed by atoms with Gasteiger partial charge in [-0.15, -0.1) is 0 Å². The summed E-state index contributed by atoms with van der Waals surface area (Å²) in [6.45, 7) is 7.10. The Labute approximate surface area is 109 Å². The van der Waals surface area contributed by atoms with Gasteiger partial charge < -0.3 is 10.5 Å². The van der Waals surface area contributed by atoms with Crippen LogP contribution in [0.3, 0.4) is 0 Å². The molecule has 0 aromatic heterocycles. The highest BCUT2D eigenvalue weighted by atomic mass is 35.5. The van der Waals surface area contributed by atoms with Crippen molar-refractivity contribution in [1.82, 2.24) is 0 Å². The summed E-state index contributed by atoms with van der Waals surface area (Å²) in [5, 5.41) is 0.733. The van der Waals surface area contributed by atoms with Crippen molar-refractivity contribution in [3.05, 3.63) is 28.8 Å². The van der Waals surface area contributed by atoms with Gasteiger partial charge in [0.05, 0.1) is 6.61 Å². The Hall–Kier alpha value is -0.730. The Bertz CT molecular complexity index is 350. The highest BCUT2D eigenvalue weighted by Gasteiger charge is 2.07. The minimum Gasteiger partial charge on any atom is -0.493 e. The van der Waals surface area contributed by atoms with E-state index >= 15 is 0 Å². The molecule has 1 unspecified atom stereocenters. The second-order valence-electron chi connectivity index (χ2n) is 4.96. The van der Waals surface area contributed by atoms with E-state index in [4.69, 9.17) is 22.1 Å². The molecule has 1 aromatic rings. The molecule has 0 aliphatic heterocycles. The fraction of sp³-hybridized carbons (Fsp3) is 0.571. The molecule has 0 bridgehead atoms. The zero-order chi connectivity index (χ0) is 12.8. The summed E-state index contributed by atoms with van der Waals surface area (Å²) >= 11 is 5.99. The molecule has 2 N–H and O–H groups in total. The minimum absolute atomic E-state index is 0.112. The maximum atomic E-state index is 5.99. The van der Waals surface area contributed by atoms with Crippen LogP contribution in [0.1, 0.15) is 32.8 Å². The number of benzene rings is 1. The average Bonchev–Trinajstić information content (AvgIpc) is 2.20. The van der Waals surface area contributed by atoms with Crippen molar-refractivity contribution in [1.29, 1.82) is 0 Å². The van der Waals surface area contributed by atoms with Crippen molar-refractivity contribution in [3.8, 4) is 5.75 Å². The molecule has 0 spiro atoms. The Balaban J connectivity index is 2.68. The zero-order valence-corrected chi connectivity index (χ0v) is 11.6. The van der Waals surface area contributed by atoms with Crippen molar-refractivity contribution >= 4 is 11.6 Å². The SMILES string of the molecule is CC(C)CCOc1ccc(Cl)cc1CC(C)N. The zero-order valence-electron chi connectivity index (χ0n) is 10.9. The Kier molecular flexibility index (Phi) is 5.79. The summed E-state index contributed by atoms with van der Waals surface area (Å²) in [6, 6.07) is 5.84. The van der Waals surface area contributed by atoms with Crippen molar-refractivity contribution in [2.45, 2.75) is 39.7 Å². The molecular weight excluding hydrogens is 234 g/mol. The summed E-state index contributed by atoms with van der Waals surface area (Å²) in [6.07, 6.45) is 1.85. The molecule has 3 heteroatoms. The van der Waals surface area contributed by atoms with Crippen LogP contribution in [-0.2, 0) is 6.42 Å². The number of nitrogens with two attached hydrogens (primary N) is 1. The van der Waals surface area contributed by atoms with Crippen molar-refractivity contribution < 1.29 is 4.74 Å². The van der Waals surface area contributed by atoms with E-state index in [1.54, 1.807) is 0 Å². The summed E-state index contributed by atoms with van der Waals surface area (Å²) in [4.78, 5) is 0. The molecule has 17 heavy (non-hydrogen) atoms. The minimum atomic E-state index is 0.112. The van der Waals surface area contributed by atoms with Gasteiger partial charge in [0.2, 0.25) is 0 Å². The normalized spacial score (nSPS) is 12.8. The van der Waals surface area contributed by atoms with Gasteiger partial charge in [-0.25, -0.2) is 0 Å². The van der Waals surface area contributed by atoms with Gasteiger partial charge in [-0.05, 0) is 49.4 Å². The van der Waals surface area contributed by atoms with Gasteiger partial charge in [-0.3, -0.25) is 0 Å². The predicted molar refractivity (Wildman–Crippen MR) is 73.8 cm³/mol. The van der Waals surface area contributed by atoms with Crippen LogP contribution < -0.4 is 10.5 Å². The maximum absolute atomic E-state index is 5.99. The monoisotopic (exact) mass is 255 g/mol. The molecule has 0 aliphatic carbocycles. The molecule has 0 amide bonds. The Morgan fingerprint density at radius 3 is 2.59 bits per heavy atom. The lowest BCUT2D eigenvalue weighted by Crippen LogP contribution is -2.18. The molecule has 1 atom stereocenters. The quantitative estimate of drug-likeness (QED) is 0.842. The van der Waals surface area contributed by atoms with E-state index < -0.39 is 0 Å². The molecule has 0 fully saturated rings. The lowest BCUT2D eigenvalue weighted by Gasteiger charge is -2.14. The lowest BCUT2D eigenvalue weighted by atomic mass is 10.1. The van der Waals surface area contributed by atoms with Crippen molar-refractivity contribution in [2.24, 2.45) is 11.7 Å². The van der Waals surface area contributed by atoms with Crippen molar-refractivity contribution in [2.75, 3.05) is 6.61 Å². The largest absolute Gasteiger partial charge is 0.493 e. The van der Waals surface area contributed by atoms with Crippen LogP contribution in [-0.4, -0.2) is 12.6 Å². The van der Waals surface area contributed by atoms with Gasteiger partial charge in [0, 0.05) is 11.1 Å². The summed E-state index contributed by atoms with van der Waals surface area (Å²) < 4.78 is 5.79. The highest BCUT2D eigenvalue weighted by molar-refractivity contribution is 6.30. The van der Waals surface area contributed by atoms with Crippen LogP contribution in [0, 0.1) is 5.92 Å². The van der Waals surface area contributed by atoms with Gasteiger partial charge in [-0.2, -0.15) is 0 Å². The Morgan fingerprint density at radius 1 is 1.29 bits per heavy atom. The first kappa shape index (κ1) is 14.3. The third-order valence-corrected chi connectivity index (χ3v) is 2.75. The average molecular weight is 256 g/mol. The maximum Gasteiger partial charge on any atom is 0.122 e. The fourth-order valence-corrected chi connectivity index (χ4v) is 1.79. The standard InChI is InChI=1S/C14H22ClNO/c1-10(2)6-7-17-14-5-4-13(15)9-12(14)8-11(3)16/h4-5,9-11H,6-8,16H2,1-3H3. The molecule has 0 saturated heterocycles. The number of hydrogen-bond donors (Lipinski definition) is 1. The van der Waals surface area contributed by atoms with Crippen LogP contribution >= 0.6 is 11.6 Å². The van der Waals surface area contributed by atoms with Gasteiger partial charge in [0.25, 0.3) is 0 Å². The molecule has 0 saturated carbocycles. The topological polar surface area (TPSA) is 35.2 Å². The van der Waals surface area contributed by atoms with Crippen LogP contribution in [0.15, 0.2) is 18.2 Å². The molecule has 1 rings (SSSR count).